The fourth-order valence-corrected chi connectivity index (χ4v) is 2.01. The lowest BCUT2D eigenvalue weighted by molar-refractivity contribution is 0.693. The predicted octanol–water partition coefficient (Wildman–Crippen LogP) is 3.04. The molecule has 1 aromatic heterocycles. The quantitative estimate of drug-likeness (QED) is 0.918. The van der Waals surface area contributed by atoms with Gasteiger partial charge < -0.3 is 5.32 Å². The number of hydrogen-bond acceptors (Lipinski definition) is 2. The van der Waals surface area contributed by atoms with Crippen LogP contribution in [0.3, 0.4) is 0 Å². The van der Waals surface area contributed by atoms with Crippen LogP contribution in [0.1, 0.15) is 11.1 Å². The van der Waals surface area contributed by atoms with Gasteiger partial charge in [-0.1, -0.05) is 34.6 Å². The van der Waals surface area contributed by atoms with Crippen molar-refractivity contribution in [2.75, 3.05) is 0 Å². The van der Waals surface area contributed by atoms with E-state index in [2.05, 4.69) is 45.1 Å². The fourth-order valence-electron chi connectivity index (χ4n) is 1.57. The summed E-state index contributed by atoms with van der Waals surface area (Å²) in [4.78, 5) is 0. The lowest BCUT2D eigenvalue weighted by atomic mass is 10.2. The molecule has 2 rings (SSSR count). The normalized spacial score (nSPS) is 10.4. The van der Waals surface area contributed by atoms with Gasteiger partial charge >= 0.3 is 0 Å². The molecule has 1 heterocycles. The maximum absolute atomic E-state index is 4.13. The van der Waals surface area contributed by atoms with Crippen molar-refractivity contribution >= 4 is 22.1 Å². The molecule has 0 aliphatic rings. The van der Waals surface area contributed by atoms with E-state index in [1.807, 2.05) is 24.5 Å². The van der Waals surface area contributed by atoms with Crippen LogP contribution in [0, 0.1) is 0 Å². The highest BCUT2D eigenvalue weighted by Gasteiger charge is 1.97. The Labute approximate surface area is 109 Å². The van der Waals surface area contributed by atoms with Gasteiger partial charge in [0.2, 0.25) is 0 Å². The zero-order valence-corrected chi connectivity index (χ0v) is 11.0. The fraction of sp³-hybridized carbons (Fsp3) is 0.154. The first-order valence-electron chi connectivity index (χ1n) is 5.38. The van der Waals surface area contributed by atoms with E-state index in [4.69, 9.17) is 0 Å². The van der Waals surface area contributed by atoms with E-state index in [9.17, 15) is 0 Å². The summed E-state index contributed by atoms with van der Waals surface area (Å²) in [5.41, 5.74) is 2.41. The summed E-state index contributed by atoms with van der Waals surface area (Å²) >= 11 is 3.46. The lowest BCUT2D eigenvalue weighted by Gasteiger charge is -2.03. The van der Waals surface area contributed by atoms with E-state index in [1.165, 1.54) is 5.56 Å². The van der Waals surface area contributed by atoms with Crippen LogP contribution in [0.2, 0.25) is 0 Å². The van der Waals surface area contributed by atoms with E-state index in [1.54, 1.807) is 10.9 Å². The molecule has 88 valence electrons. The van der Waals surface area contributed by atoms with E-state index >= 15 is 0 Å². The monoisotopic (exact) mass is 291 g/mol. The standard InChI is InChI=1S/C13H14BrN3/c1-2-17-10-12(9-16-17)8-15-7-11-4-3-5-13(14)6-11/h2-6,9-10,15H,1,7-8H2. The van der Waals surface area contributed by atoms with Crippen molar-refractivity contribution in [3.63, 3.8) is 0 Å². The summed E-state index contributed by atoms with van der Waals surface area (Å²) in [5, 5.41) is 7.50. The summed E-state index contributed by atoms with van der Waals surface area (Å²) in [5.74, 6) is 0. The van der Waals surface area contributed by atoms with Gasteiger partial charge in [-0.3, -0.25) is 0 Å². The first-order chi connectivity index (χ1) is 8.28. The van der Waals surface area contributed by atoms with Gasteiger partial charge in [0.25, 0.3) is 0 Å². The highest BCUT2D eigenvalue weighted by atomic mass is 79.9. The van der Waals surface area contributed by atoms with Crippen LogP contribution in [-0.4, -0.2) is 9.78 Å². The minimum Gasteiger partial charge on any atom is -0.309 e. The van der Waals surface area contributed by atoms with Crippen LogP contribution in [0.15, 0.2) is 47.7 Å². The Bertz CT molecular complexity index is 505. The van der Waals surface area contributed by atoms with Crippen molar-refractivity contribution < 1.29 is 0 Å². The molecule has 17 heavy (non-hydrogen) atoms. The molecule has 0 spiro atoms. The summed E-state index contributed by atoms with van der Waals surface area (Å²) in [7, 11) is 0. The second kappa shape index (κ2) is 5.80. The van der Waals surface area contributed by atoms with Gasteiger partial charge in [-0.05, 0) is 17.7 Å². The van der Waals surface area contributed by atoms with Crippen molar-refractivity contribution in [1.82, 2.24) is 15.1 Å². The minimum atomic E-state index is 0.806. The van der Waals surface area contributed by atoms with Gasteiger partial charge in [0.05, 0.1) is 6.20 Å². The first-order valence-corrected chi connectivity index (χ1v) is 6.18. The Morgan fingerprint density at radius 1 is 1.35 bits per heavy atom. The van der Waals surface area contributed by atoms with Crippen LogP contribution in [-0.2, 0) is 13.1 Å². The molecule has 4 heteroatoms. The largest absolute Gasteiger partial charge is 0.309 e. The Hall–Kier alpha value is -1.39. The SMILES string of the molecule is C=Cn1cc(CNCc2cccc(Br)c2)cn1. The van der Waals surface area contributed by atoms with Crippen molar-refractivity contribution in [2.45, 2.75) is 13.1 Å². The number of nitrogens with one attached hydrogen (secondary N) is 1. The summed E-state index contributed by atoms with van der Waals surface area (Å²) in [6.07, 6.45) is 5.48. The zero-order chi connectivity index (χ0) is 12.1. The molecule has 0 saturated carbocycles. The van der Waals surface area contributed by atoms with Crippen molar-refractivity contribution in [2.24, 2.45) is 0 Å². The highest BCUT2D eigenvalue weighted by Crippen LogP contribution is 2.11. The molecule has 0 radical (unpaired) electrons. The summed E-state index contributed by atoms with van der Waals surface area (Å²) < 4.78 is 2.81. The second-order valence-corrected chi connectivity index (χ2v) is 4.66. The average molecular weight is 292 g/mol. The molecule has 0 aliphatic heterocycles. The molecule has 0 fully saturated rings. The average Bonchev–Trinajstić information content (AvgIpc) is 2.77. The third-order valence-corrected chi connectivity index (χ3v) is 2.88. The smallest absolute Gasteiger partial charge is 0.0538 e. The zero-order valence-electron chi connectivity index (χ0n) is 9.44. The van der Waals surface area contributed by atoms with Gasteiger partial charge in [-0.2, -0.15) is 5.10 Å². The number of nitrogens with zero attached hydrogens (tertiary/aromatic N) is 2. The number of rotatable bonds is 5. The first kappa shape index (κ1) is 12.1. The van der Waals surface area contributed by atoms with Crippen LogP contribution < -0.4 is 5.32 Å². The molecule has 0 aliphatic carbocycles. The molecule has 3 nitrogen and oxygen atoms in total. The van der Waals surface area contributed by atoms with Gasteiger partial charge in [0.1, 0.15) is 0 Å². The summed E-state index contributed by atoms with van der Waals surface area (Å²) in [6.45, 7) is 5.31. The predicted molar refractivity (Wildman–Crippen MR) is 73.3 cm³/mol. The van der Waals surface area contributed by atoms with Crippen LogP contribution >= 0.6 is 15.9 Å². The second-order valence-electron chi connectivity index (χ2n) is 3.74. The Kier molecular flexibility index (Phi) is 4.12. The van der Waals surface area contributed by atoms with Gasteiger partial charge in [0, 0.05) is 35.5 Å². The Morgan fingerprint density at radius 3 is 2.88 bits per heavy atom. The topological polar surface area (TPSA) is 29.9 Å². The molecule has 0 amide bonds. The van der Waals surface area contributed by atoms with Crippen molar-refractivity contribution in [3.8, 4) is 0 Å². The van der Waals surface area contributed by atoms with E-state index in [0.29, 0.717) is 0 Å². The molecular weight excluding hydrogens is 278 g/mol. The number of hydrogen-bond donors (Lipinski definition) is 1. The number of benzene rings is 1. The minimum absolute atomic E-state index is 0.806. The lowest BCUT2D eigenvalue weighted by Crippen LogP contribution is -2.12. The van der Waals surface area contributed by atoms with E-state index in [-0.39, 0.29) is 0 Å². The summed E-state index contributed by atoms with van der Waals surface area (Å²) in [6, 6.07) is 8.28. The van der Waals surface area contributed by atoms with Crippen molar-refractivity contribution in [3.05, 3.63) is 58.8 Å². The third-order valence-electron chi connectivity index (χ3n) is 2.39. The molecular formula is C13H14BrN3. The van der Waals surface area contributed by atoms with Crippen LogP contribution in [0.5, 0.6) is 0 Å². The number of aromatic nitrogens is 2. The van der Waals surface area contributed by atoms with Crippen molar-refractivity contribution in [1.29, 1.82) is 0 Å². The Morgan fingerprint density at radius 2 is 2.18 bits per heavy atom. The highest BCUT2D eigenvalue weighted by molar-refractivity contribution is 9.10. The molecule has 1 aromatic carbocycles. The Balaban J connectivity index is 1.85. The van der Waals surface area contributed by atoms with Gasteiger partial charge in [-0.15, -0.1) is 0 Å². The maximum Gasteiger partial charge on any atom is 0.0538 e. The number of halogens is 1. The van der Waals surface area contributed by atoms with E-state index < -0.39 is 0 Å². The third kappa shape index (κ3) is 3.54. The van der Waals surface area contributed by atoms with E-state index in [0.717, 1.165) is 23.1 Å². The molecule has 2 aromatic rings. The van der Waals surface area contributed by atoms with Gasteiger partial charge in [0.15, 0.2) is 0 Å². The van der Waals surface area contributed by atoms with Crippen LogP contribution in [0.4, 0.5) is 0 Å². The molecule has 0 saturated heterocycles. The molecule has 0 atom stereocenters. The maximum atomic E-state index is 4.13. The van der Waals surface area contributed by atoms with Crippen LogP contribution in [0.25, 0.3) is 6.20 Å². The molecule has 0 unspecified atom stereocenters. The van der Waals surface area contributed by atoms with Gasteiger partial charge in [-0.25, -0.2) is 4.68 Å². The molecule has 1 N–H and O–H groups in total. The molecule has 0 bridgehead atoms.